The van der Waals surface area contributed by atoms with Gasteiger partial charge in [-0.05, 0) is 68.5 Å². The van der Waals surface area contributed by atoms with Crippen molar-refractivity contribution >= 4 is 17.5 Å². The van der Waals surface area contributed by atoms with Gasteiger partial charge < -0.3 is 10.6 Å². The largest absolute Gasteiger partial charge is 0.351 e. The number of hydrogen-bond acceptors (Lipinski definition) is 4. The Morgan fingerprint density at radius 2 is 1.64 bits per heavy atom. The highest BCUT2D eigenvalue weighted by Gasteiger charge is 2.11. The summed E-state index contributed by atoms with van der Waals surface area (Å²) in [6, 6.07) is 18.1. The van der Waals surface area contributed by atoms with Crippen LogP contribution in [0.3, 0.4) is 0 Å². The Morgan fingerprint density at radius 3 is 2.36 bits per heavy atom. The zero-order chi connectivity index (χ0) is 19.9. The van der Waals surface area contributed by atoms with Gasteiger partial charge in [-0.15, -0.1) is 0 Å². The molecule has 144 valence electrons. The summed E-state index contributed by atoms with van der Waals surface area (Å²) in [4.78, 5) is 21.3. The molecular weight excluding hydrogens is 348 g/mol. The second-order valence-electron chi connectivity index (χ2n) is 7.06. The number of amides is 1. The smallest absolute Gasteiger partial charge is 0.270 e. The molecule has 2 aromatic carbocycles. The van der Waals surface area contributed by atoms with E-state index in [1.54, 1.807) is 6.07 Å². The number of rotatable bonds is 7. The molecule has 1 aromatic heterocycles. The van der Waals surface area contributed by atoms with Crippen LogP contribution in [-0.4, -0.2) is 22.4 Å². The third-order valence-electron chi connectivity index (χ3n) is 4.34. The number of aromatic nitrogens is 2. The maximum absolute atomic E-state index is 12.5. The molecule has 0 radical (unpaired) electrons. The molecule has 0 bridgehead atoms. The first kappa shape index (κ1) is 19.5. The molecule has 0 spiro atoms. The number of carbonyl (C=O) groups excluding carboxylic acids is 1. The topological polar surface area (TPSA) is 66.9 Å². The van der Waals surface area contributed by atoms with Gasteiger partial charge in [0.15, 0.2) is 0 Å². The van der Waals surface area contributed by atoms with Crippen molar-refractivity contribution in [3.8, 4) is 0 Å². The molecule has 1 heterocycles. The van der Waals surface area contributed by atoms with Gasteiger partial charge in [-0.3, -0.25) is 4.79 Å². The summed E-state index contributed by atoms with van der Waals surface area (Å²) in [5, 5.41) is 6.16. The zero-order valence-electron chi connectivity index (χ0n) is 16.6. The molecule has 3 rings (SSSR count). The predicted octanol–water partition coefficient (Wildman–Crippen LogP) is 4.51. The van der Waals surface area contributed by atoms with Gasteiger partial charge in [0.2, 0.25) is 5.95 Å². The van der Waals surface area contributed by atoms with Gasteiger partial charge in [-0.2, -0.15) is 0 Å². The lowest BCUT2D eigenvalue weighted by Gasteiger charge is -2.10. The van der Waals surface area contributed by atoms with Gasteiger partial charge in [0, 0.05) is 17.9 Å². The lowest BCUT2D eigenvalue weighted by atomic mass is 10.1. The number of nitrogens with zero attached hydrogens (tertiary/aromatic N) is 2. The van der Waals surface area contributed by atoms with Gasteiger partial charge in [0.25, 0.3) is 5.91 Å². The molecule has 0 aliphatic carbocycles. The normalized spacial score (nSPS) is 10.5. The van der Waals surface area contributed by atoms with Gasteiger partial charge in [0.1, 0.15) is 5.69 Å². The Balaban J connectivity index is 1.61. The van der Waals surface area contributed by atoms with Crippen molar-refractivity contribution in [1.82, 2.24) is 15.3 Å². The van der Waals surface area contributed by atoms with Crippen molar-refractivity contribution < 1.29 is 4.79 Å². The fourth-order valence-corrected chi connectivity index (χ4v) is 3.15. The molecule has 2 N–H and O–H groups in total. The highest BCUT2D eigenvalue weighted by Crippen LogP contribution is 2.18. The van der Waals surface area contributed by atoms with Gasteiger partial charge in [-0.25, -0.2) is 9.97 Å². The average Bonchev–Trinajstić information content (AvgIpc) is 2.64. The van der Waals surface area contributed by atoms with Crippen LogP contribution < -0.4 is 10.6 Å². The second kappa shape index (κ2) is 9.13. The summed E-state index contributed by atoms with van der Waals surface area (Å²) in [6.07, 6.45) is 1.82. The molecule has 0 fully saturated rings. The van der Waals surface area contributed by atoms with Crippen LogP contribution in [0, 0.1) is 20.8 Å². The molecular formula is C23H26N4O. The van der Waals surface area contributed by atoms with E-state index in [4.69, 9.17) is 0 Å². The number of anilines is 2. The van der Waals surface area contributed by atoms with Crippen LogP contribution in [0.25, 0.3) is 0 Å². The fourth-order valence-electron chi connectivity index (χ4n) is 3.15. The maximum atomic E-state index is 12.5. The monoisotopic (exact) mass is 374 g/mol. The third kappa shape index (κ3) is 5.64. The van der Waals surface area contributed by atoms with Crippen LogP contribution >= 0.6 is 0 Å². The van der Waals surface area contributed by atoms with E-state index in [1.807, 2.05) is 51.1 Å². The number of aryl methyl sites for hydroxylation is 4. The Kier molecular flexibility index (Phi) is 6.37. The van der Waals surface area contributed by atoms with Crippen molar-refractivity contribution in [3.63, 3.8) is 0 Å². The summed E-state index contributed by atoms with van der Waals surface area (Å²) in [5.74, 6) is 0.251. The maximum Gasteiger partial charge on any atom is 0.270 e. The van der Waals surface area contributed by atoms with Crippen molar-refractivity contribution in [1.29, 1.82) is 0 Å². The minimum Gasteiger partial charge on any atom is -0.351 e. The predicted molar refractivity (Wildman–Crippen MR) is 113 cm³/mol. The highest BCUT2D eigenvalue weighted by atomic mass is 16.1. The molecule has 5 heteroatoms. The molecule has 0 saturated heterocycles. The van der Waals surface area contributed by atoms with Gasteiger partial charge in [-0.1, -0.05) is 36.4 Å². The van der Waals surface area contributed by atoms with Gasteiger partial charge in [0.05, 0.1) is 0 Å². The Hall–Kier alpha value is -3.21. The van der Waals surface area contributed by atoms with Crippen LogP contribution in [0.15, 0.2) is 54.6 Å². The molecule has 0 saturated carbocycles. The molecule has 0 aliphatic rings. The van der Waals surface area contributed by atoms with E-state index in [-0.39, 0.29) is 5.91 Å². The zero-order valence-corrected chi connectivity index (χ0v) is 16.6. The van der Waals surface area contributed by atoms with Crippen molar-refractivity contribution in [3.05, 3.63) is 82.7 Å². The first-order valence-electron chi connectivity index (χ1n) is 9.53. The van der Waals surface area contributed by atoms with Crippen molar-refractivity contribution in [2.24, 2.45) is 0 Å². The Morgan fingerprint density at radius 1 is 0.929 bits per heavy atom. The molecule has 0 aliphatic heterocycles. The van der Waals surface area contributed by atoms with Crippen LogP contribution in [0.4, 0.5) is 11.6 Å². The molecule has 1 amide bonds. The van der Waals surface area contributed by atoms with Gasteiger partial charge >= 0.3 is 0 Å². The first-order chi connectivity index (χ1) is 13.5. The van der Waals surface area contributed by atoms with Crippen LogP contribution in [-0.2, 0) is 6.42 Å². The van der Waals surface area contributed by atoms with Crippen LogP contribution in [0.5, 0.6) is 0 Å². The molecule has 28 heavy (non-hydrogen) atoms. The minimum atomic E-state index is -0.179. The fraction of sp³-hybridized carbons (Fsp3) is 0.261. The number of nitrogens with one attached hydrogen (secondary N) is 2. The lowest BCUT2D eigenvalue weighted by molar-refractivity contribution is 0.0948. The van der Waals surface area contributed by atoms with E-state index in [0.29, 0.717) is 18.2 Å². The highest BCUT2D eigenvalue weighted by molar-refractivity contribution is 5.92. The van der Waals surface area contributed by atoms with E-state index in [0.717, 1.165) is 35.3 Å². The molecule has 3 aromatic rings. The Labute approximate surface area is 166 Å². The number of hydrogen-bond donors (Lipinski definition) is 2. The second-order valence-corrected chi connectivity index (χ2v) is 7.06. The van der Waals surface area contributed by atoms with Crippen molar-refractivity contribution in [2.75, 3.05) is 11.9 Å². The molecule has 5 nitrogen and oxygen atoms in total. The van der Waals surface area contributed by atoms with E-state index in [9.17, 15) is 4.79 Å². The third-order valence-corrected chi connectivity index (χ3v) is 4.34. The van der Waals surface area contributed by atoms with E-state index in [1.165, 1.54) is 5.56 Å². The SMILES string of the molecule is Cc1cc(C)cc(Nc2nc(C)cc(C(=O)NCCCc3ccccc3)n2)c1. The molecule has 0 atom stereocenters. The summed E-state index contributed by atoms with van der Waals surface area (Å²) < 4.78 is 0. The van der Waals surface area contributed by atoms with Crippen LogP contribution in [0.1, 0.15) is 39.3 Å². The summed E-state index contributed by atoms with van der Waals surface area (Å²) in [6.45, 7) is 6.56. The standard InChI is InChI=1S/C23H26N4O/c1-16-12-17(2)14-20(13-16)26-23-25-18(3)15-21(27-23)22(28)24-11-7-10-19-8-5-4-6-9-19/h4-6,8-9,12-15H,7,10-11H2,1-3H3,(H,24,28)(H,25,26,27). The van der Waals surface area contributed by atoms with E-state index in [2.05, 4.69) is 38.8 Å². The first-order valence-corrected chi connectivity index (χ1v) is 9.53. The minimum absolute atomic E-state index is 0.179. The Bertz CT molecular complexity index is 934. The summed E-state index contributed by atoms with van der Waals surface area (Å²) >= 11 is 0. The average molecular weight is 374 g/mol. The number of carbonyl (C=O) groups is 1. The van der Waals surface area contributed by atoms with Crippen molar-refractivity contribution in [2.45, 2.75) is 33.6 Å². The van der Waals surface area contributed by atoms with E-state index < -0.39 is 0 Å². The summed E-state index contributed by atoms with van der Waals surface area (Å²) in [7, 11) is 0. The summed E-state index contributed by atoms with van der Waals surface area (Å²) in [5.41, 5.74) is 5.63. The van der Waals surface area contributed by atoms with E-state index >= 15 is 0 Å². The quantitative estimate of drug-likeness (QED) is 0.597. The number of benzene rings is 2. The van der Waals surface area contributed by atoms with Crippen LogP contribution in [0.2, 0.25) is 0 Å². The lowest BCUT2D eigenvalue weighted by Crippen LogP contribution is -2.26. The molecule has 0 unspecified atom stereocenters.